The van der Waals surface area contributed by atoms with E-state index in [-0.39, 0.29) is 44.7 Å². The average molecular weight is 1300 g/mol. The smallest absolute Gasteiger partial charge is 0.243 e. The van der Waals surface area contributed by atoms with Crippen LogP contribution in [0.1, 0.15) is 111 Å². The number of para-hydroxylation sites is 2. The fraction of sp³-hybridized carbons (Fsp3) is 0.532. The number of unbranched alkanes of at least 4 members (excludes halogenated alkanes) is 1. The van der Waals surface area contributed by atoms with Crippen molar-refractivity contribution in [2.75, 3.05) is 13.1 Å². The summed E-state index contributed by atoms with van der Waals surface area (Å²) < 4.78 is 0. The third kappa shape index (κ3) is 23.5. The van der Waals surface area contributed by atoms with E-state index in [1.54, 1.807) is 92.0 Å². The number of nitrogens with two attached hydrogens (primary N) is 7. The van der Waals surface area contributed by atoms with E-state index >= 15 is 0 Å². The molecule has 2 aromatic carbocycles. The first-order valence-electron chi connectivity index (χ1n) is 31.0. The van der Waals surface area contributed by atoms with E-state index in [0.29, 0.717) is 41.3 Å². The van der Waals surface area contributed by atoms with E-state index in [1.165, 1.54) is 0 Å². The van der Waals surface area contributed by atoms with Gasteiger partial charge in [0.15, 0.2) is 5.96 Å². The van der Waals surface area contributed by atoms with Gasteiger partial charge in [-0.3, -0.25) is 62.5 Å². The molecule has 0 saturated carbocycles. The maximum Gasteiger partial charge on any atom is 0.243 e. The van der Waals surface area contributed by atoms with Crippen LogP contribution in [0, 0.1) is 23.7 Å². The third-order valence-electron chi connectivity index (χ3n) is 15.4. The van der Waals surface area contributed by atoms with Crippen LogP contribution in [0.15, 0.2) is 65.9 Å². The molecule has 0 aliphatic heterocycles. The zero-order chi connectivity index (χ0) is 69.4. The van der Waals surface area contributed by atoms with Crippen molar-refractivity contribution in [1.29, 1.82) is 0 Å². The van der Waals surface area contributed by atoms with Crippen molar-refractivity contribution in [3.63, 3.8) is 0 Å². The monoisotopic (exact) mass is 1300 g/mol. The Balaban J connectivity index is 1.60. The highest BCUT2D eigenvalue weighted by Crippen LogP contribution is 2.22. The van der Waals surface area contributed by atoms with Gasteiger partial charge in [0.2, 0.25) is 70.9 Å². The van der Waals surface area contributed by atoms with Gasteiger partial charge in [-0.25, -0.2) is 0 Å². The van der Waals surface area contributed by atoms with Crippen LogP contribution in [0.2, 0.25) is 0 Å². The lowest BCUT2D eigenvalue weighted by atomic mass is 9.98. The SMILES string of the molecule is CC(C)[C@H](NC(=O)[C@H](Cc1c[nH]c2ccccc12)NC(=O)[C@@H](NC(=O)[C@H](Cc1c[nH]c2ccccc12)NC(=O)[C@@H](NC(=O)[C@H](CC(N)=O)NC(=O)[C@H](CC(N)=O)NC(=O)[C@@H](NC(=O)[C@H](CCCCN)NC(=O)[C@@H](N)CCCN=C(N)N)C(C)C)C(C)C)C(C)C)C(N)=O. The molecule has 0 spiro atoms. The number of guanidine groups is 1. The van der Waals surface area contributed by atoms with Crippen LogP contribution in [0.25, 0.3) is 21.8 Å². The van der Waals surface area contributed by atoms with Crippen LogP contribution in [-0.2, 0) is 70.4 Å². The largest absolute Gasteiger partial charge is 0.370 e. The summed E-state index contributed by atoms with van der Waals surface area (Å²) in [5.41, 5.74) is 42.0. The van der Waals surface area contributed by atoms with E-state index in [1.807, 2.05) is 24.3 Å². The molecule has 4 rings (SSSR count). The molecule has 0 radical (unpaired) electrons. The van der Waals surface area contributed by atoms with Gasteiger partial charge in [-0.05, 0) is 85.6 Å². The molecule has 25 N–H and O–H groups in total. The van der Waals surface area contributed by atoms with Crippen molar-refractivity contribution in [1.82, 2.24) is 57.8 Å². The molecule has 510 valence electrons. The lowest BCUT2D eigenvalue weighted by Gasteiger charge is -2.30. The number of aliphatic imine (C=N–C) groups is 1. The molecule has 31 nitrogen and oxygen atoms in total. The number of primary amides is 3. The molecule has 0 aliphatic carbocycles. The maximum atomic E-state index is 14.8. The van der Waals surface area contributed by atoms with Crippen LogP contribution in [0.5, 0.6) is 0 Å². The number of nitrogens with one attached hydrogen (secondary N) is 11. The lowest BCUT2D eigenvalue weighted by molar-refractivity contribution is -0.138. The van der Waals surface area contributed by atoms with Crippen molar-refractivity contribution >= 4 is 98.7 Å². The predicted octanol–water partition coefficient (Wildman–Crippen LogP) is -2.83. The lowest BCUT2D eigenvalue weighted by Crippen LogP contribution is -2.62. The summed E-state index contributed by atoms with van der Waals surface area (Å²) in [7, 11) is 0. The first kappa shape index (κ1) is 75.8. The van der Waals surface area contributed by atoms with Crippen molar-refractivity contribution < 1.29 is 57.5 Å². The number of benzene rings is 2. The van der Waals surface area contributed by atoms with Gasteiger partial charge in [0.25, 0.3) is 0 Å². The summed E-state index contributed by atoms with van der Waals surface area (Å²) in [6.45, 7) is 13.4. The number of aromatic amines is 2. The van der Waals surface area contributed by atoms with Crippen LogP contribution >= 0.6 is 0 Å². The minimum atomic E-state index is -1.86. The molecule has 0 bridgehead atoms. The second-order valence-electron chi connectivity index (χ2n) is 24.4. The zero-order valence-electron chi connectivity index (χ0n) is 54.0. The van der Waals surface area contributed by atoms with E-state index < -0.39 is 168 Å². The quantitative estimate of drug-likeness (QED) is 0.0122. The number of rotatable bonds is 39. The van der Waals surface area contributed by atoms with Gasteiger partial charge in [-0.15, -0.1) is 0 Å². The Kier molecular flexibility index (Phi) is 29.7. The minimum Gasteiger partial charge on any atom is -0.370 e. The number of amides is 12. The maximum absolute atomic E-state index is 14.8. The Morgan fingerprint density at radius 1 is 0.419 bits per heavy atom. The van der Waals surface area contributed by atoms with E-state index in [0.717, 1.165) is 10.9 Å². The highest BCUT2D eigenvalue weighted by Gasteiger charge is 2.38. The van der Waals surface area contributed by atoms with Crippen LogP contribution in [-0.4, -0.2) is 160 Å². The van der Waals surface area contributed by atoms with Gasteiger partial charge in [0, 0.05) is 53.6 Å². The summed E-state index contributed by atoms with van der Waals surface area (Å²) in [5, 5.41) is 24.9. The van der Waals surface area contributed by atoms with Crippen LogP contribution < -0.4 is 88.0 Å². The number of carbonyl (C=O) groups excluding carboxylic acids is 12. The molecule has 93 heavy (non-hydrogen) atoms. The summed E-state index contributed by atoms with van der Waals surface area (Å²) in [5.74, 6) is -13.7. The number of hydrogen-bond acceptors (Lipinski definition) is 15. The number of H-pyrrole nitrogens is 2. The third-order valence-corrected chi connectivity index (χ3v) is 15.4. The fourth-order valence-electron chi connectivity index (χ4n) is 10.2. The van der Waals surface area contributed by atoms with Gasteiger partial charge in [-0.1, -0.05) is 91.8 Å². The number of fused-ring (bicyclic) bond motifs is 2. The number of hydrogen-bond donors (Lipinski definition) is 18. The zero-order valence-corrected chi connectivity index (χ0v) is 54.0. The molecular formula is C62H95N19O12. The normalized spacial score (nSPS) is 14.6. The van der Waals surface area contributed by atoms with E-state index in [4.69, 9.17) is 40.1 Å². The molecule has 0 fully saturated rings. The summed E-state index contributed by atoms with van der Waals surface area (Å²) in [4.78, 5) is 175. The van der Waals surface area contributed by atoms with Gasteiger partial charge in [0.1, 0.15) is 54.4 Å². The van der Waals surface area contributed by atoms with Crippen LogP contribution in [0.4, 0.5) is 0 Å². The van der Waals surface area contributed by atoms with Crippen molar-refractivity contribution in [3.8, 4) is 0 Å². The van der Waals surface area contributed by atoms with Crippen molar-refractivity contribution in [2.45, 2.75) is 174 Å². The molecule has 4 aromatic rings. The predicted molar refractivity (Wildman–Crippen MR) is 348 cm³/mol. The number of carbonyl (C=O) groups is 12. The molecule has 2 aromatic heterocycles. The molecule has 0 aliphatic rings. The highest BCUT2D eigenvalue weighted by molar-refractivity contribution is 6.01. The van der Waals surface area contributed by atoms with Gasteiger partial charge >= 0.3 is 0 Å². The Morgan fingerprint density at radius 2 is 0.774 bits per heavy atom. The molecule has 12 amide bonds. The summed E-state index contributed by atoms with van der Waals surface area (Å²) in [6.07, 6.45) is 2.86. The molecule has 0 unspecified atom stereocenters. The van der Waals surface area contributed by atoms with Gasteiger partial charge < -0.3 is 98.0 Å². The molecule has 10 atom stereocenters. The average Bonchev–Trinajstić information content (AvgIpc) is 1.78. The standard InChI is InChI=1S/C62H95N19O12/c1-30(2)48(52(67)84)78-56(88)42(24-34-28-71-39-19-11-9-16-36(34)39)75-59(91)50(32(5)6)80-57(89)43(25-35-29-72-40-20-12-10-17-37(35)40)76-60(92)51(33(7)8)81-58(90)45(27-47(66)83)74-55(87)44(26-46(65)82)77-61(93)49(31(3)4)79-54(86)41(21-13-14-22-63)73-53(85)38(64)18-15-23-70-62(68)69/h9-12,16-17,19-20,28-33,38,41-45,48-51,71-72H,13-15,18,21-27,63-64H2,1-8H3,(H2,65,82)(H2,66,83)(H2,67,84)(H,73,85)(H,74,87)(H,75,91)(H,76,92)(H,77,93)(H,78,88)(H,79,86)(H,80,89)(H,81,90)(H4,68,69,70)/t38-,41-,42-,43-,44-,45-,48-,49-,50-,51-/m0/s1. The van der Waals surface area contributed by atoms with Gasteiger partial charge in [0.05, 0.1) is 18.9 Å². The number of nitrogens with zero attached hydrogens (tertiary/aromatic N) is 1. The second-order valence-corrected chi connectivity index (χ2v) is 24.4. The van der Waals surface area contributed by atoms with E-state index in [2.05, 4.69) is 62.8 Å². The summed E-state index contributed by atoms with van der Waals surface area (Å²) >= 11 is 0. The highest BCUT2D eigenvalue weighted by atomic mass is 16.2. The first-order valence-corrected chi connectivity index (χ1v) is 31.0. The molecule has 0 saturated heterocycles. The topological polar surface area (TPSA) is 539 Å². The summed E-state index contributed by atoms with van der Waals surface area (Å²) in [6, 6.07) is 0.368. The Hall–Kier alpha value is -9.65. The minimum absolute atomic E-state index is 0.0511. The van der Waals surface area contributed by atoms with Crippen LogP contribution in [0.3, 0.4) is 0 Å². The number of aromatic nitrogens is 2. The Bertz CT molecular complexity index is 3300. The second kappa shape index (κ2) is 36.4. The fourth-order valence-corrected chi connectivity index (χ4v) is 10.2. The van der Waals surface area contributed by atoms with E-state index in [9.17, 15) is 57.5 Å². The Morgan fingerprint density at radius 3 is 1.16 bits per heavy atom. The van der Waals surface area contributed by atoms with Crippen molar-refractivity contribution in [2.24, 2.45) is 68.8 Å². The molecule has 2 heterocycles. The molecule has 31 heteroatoms. The molecular weight excluding hydrogens is 1200 g/mol. The first-order chi connectivity index (χ1) is 43.8. The Labute approximate surface area is 539 Å². The van der Waals surface area contributed by atoms with Gasteiger partial charge in [-0.2, -0.15) is 0 Å². The van der Waals surface area contributed by atoms with Crippen molar-refractivity contribution in [3.05, 3.63) is 72.1 Å².